The fraction of sp³-hybridized carbons (Fsp3) is 0.400. The molecule has 0 amide bonds. The van der Waals surface area contributed by atoms with Gasteiger partial charge in [-0.3, -0.25) is 0 Å². The smallest absolute Gasteiger partial charge is 0.156 e. The lowest BCUT2D eigenvalue weighted by Gasteiger charge is -2.22. The molecule has 0 spiro atoms. The lowest BCUT2D eigenvalue weighted by atomic mass is 10.1. The topological polar surface area (TPSA) is 55.1 Å². The quantitative estimate of drug-likeness (QED) is 0.331. The van der Waals surface area contributed by atoms with E-state index in [2.05, 4.69) is 36.6 Å². The van der Waals surface area contributed by atoms with Crippen LogP contribution in [0, 0.1) is 11.6 Å². The minimum absolute atomic E-state index is 0. The van der Waals surface area contributed by atoms with Crippen molar-refractivity contribution in [1.82, 2.24) is 4.72 Å². The van der Waals surface area contributed by atoms with E-state index in [1.807, 2.05) is 20.8 Å². The van der Waals surface area contributed by atoms with Gasteiger partial charge in [0.25, 0.3) is 0 Å². The monoisotopic (exact) mass is 642 g/mol. The first-order valence-corrected chi connectivity index (χ1v) is 12.4. The van der Waals surface area contributed by atoms with Crippen molar-refractivity contribution in [3.8, 4) is 0 Å². The van der Waals surface area contributed by atoms with Crippen molar-refractivity contribution in [3.05, 3.63) is 66.0 Å². The van der Waals surface area contributed by atoms with Crippen LogP contribution in [-0.2, 0) is 11.0 Å². The summed E-state index contributed by atoms with van der Waals surface area (Å²) in [6, 6.07) is 6.07. The largest absolute Gasteiger partial charge is 0.324 e. The second-order valence-corrected chi connectivity index (χ2v) is 12.0. The molecule has 31 heavy (non-hydrogen) atoms. The van der Waals surface area contributed by atoms with Crippen LogP contribution >= 0.6 is 67.5 Å². The van der Waals surface area contributed by atoms with Crippen LogP contribution in [0.25, 0.3) is 0 Å². The zero-order chi connectivity index (χ0) is 23.4. The number of nitrogens with one attached hydrogen (secondary N) is 1. The number of nitrogens with two attached hydrogens (primary N) is 1. The Balaban J connectivity index is 0.000000605. The van der Waals surface area contributed by atoms with Crippen molar-refractivity contribution < 1.29 is 13.0 Å². The fourth-order valence-corrected chi connectivity index (χ4v) is 4.52. The summed E-state index contributed by atoms with van der Waals surface area (Å²) in [7, 11) is -1.23. The van der Waals surface area contributed by atoms with E-state index in [9.17, 15) is 13.0 Å². The molecule has 176 valence electrons. The Morgan fingerprint density at radius 3 is 1.74 bits per heavy atom. The van der Waals surface area contributed by atoms with Crippen LogP contribution in [-0.4, -0.2) is 8.96 Å². The molecule has 0 fully saturated rings. The molecule has 2 aromatic rings. The van der Waals surface area contributed by atoms with E-state index in [-0.39, 0.29) is 39.3 Å². The summed E-state index contributed by atoms with van der Waals surface area (Å²) in [5.74, 6) is -0.948. The van der Waals surface area contributed by atoms with Gasteiger partial charge in [-0.25, -0.2) is 17.7 Å². The Labute approximate surface area is 218 Å². The Morgan fingerprint density at radius 1 is 0.968 bits per heavy atom. The van der Waals surface area contributed by atoms with E-state index in [4.69, 9.17) is 28.9 Å². The second-order valence-electron chi connectivity index (χ2n) is 7.54. The highest BCUT2D eigenvalue weighted by Crippen LogP contribution is 2.31. The first-order chi connectivity index (χ1) is 13.7. The molecule has 3 N–H and O–H groups in total. The van der Waals surface area contributed by atoms with Gasteiger partial charge in [0.05, 0.1) is 34.7 Å². The molecule has 0 aliphatic carbocycles. The highest BCUT2D eigenvalue weighted by atomic mass is 79.9. The zero-order valence-corrected chi connectivity index (χ0v) is 23.9. The third kappa shape index (κ3) is 8.81. The highest BCUT2D eigenvalue weighted by Gasteiger charge is 2.23. The molecule has 3 atom stereocenters. The molecule has 2 aromatic carbocycles. The molecule has 0 radical (unpaired) electrons. The Kier molecular flexibility index (Phi) is 13.3. The van der Waals surface area contributed by atoms with E-state index < -0.39 is 22.6 Å². The van der Waals surface area contributed by atoms with Gasteiger partial charge in [0.2, 0.25) is 0 Å². The SMILES string of the molecule is C[C@@H](N)c1ccc(Br)c(F)c1Cl.C[C@@H](N[S@@](=O)C(C)(C)C)c1ccc(Br)c(F)c1Cl.Cl. The maximum atomic E-state index is 13.6. The van der Waals surface area contributed by atoms with Gasteiger partial charge in [-0.1, -0.05) is 35.3 Å². The van der Waals surface area contributed by atoms with Crippen LogP contribution in [0.4, 0.5) is 8.78 Å². The van der Waals surface area contributed by atoms with Gasteiger partial charge >= 0.3 is 0 Å². The number of halogens is 7. The van der Waals surface area contributed by atoms with Gasteiger partial charge in [0, 0.05) is 12.1 Å². The standard InChI is InChI=1S/C12H16BrClFNOS.C8H8BrClFN.ClH/c1-7(16-18(17)12(2,3)4)8-5-6-9(13)11(15)10(8)14;1-4(12)5-2-3-6(9)8(11)7(5)10;/h5-7,16H,1-4H3;2-4H,12H2,1H3;1H/t7-,18+;4-;/m11./s1. The maximum Gasteiger partial charge on any atom is 0.156 e. The maximum absolute atomic E-state index is 13.6. The summed E-state index contributed by atoms with van der Waals surface area (Å²) in [5, 5.41) is 0.148. The molecule has 0 aliphatic rings. The summed E-state index contributed by atoms with van der Waals surface area (Å²) in [6.45, 7) is 9.17. The first kappa shape index (κ1) is 31.2. The second kappa shape index (κ2) is 13.2. The molecule has 2 rings (SSSR count). The van der Waals surface area contributed by atoms with Gasteiger partial charge in [-0.15, -0.1) is 12.4 Å². The lowest BCUT2D eigenvalue weighted by molar-refractivity contribution is 0.602. The average molecular weight is 646 g/mol. The first-order valence-electron chi connectivity index (χ1n) is 8.88. The summed E-state index contributed by atoms with van der Waals surface area (Å²) in [5.41, 5.74) is 6.78. The molecular weight excluding hydrogens is 620 g/mol. The van der Waals surface area contributed by atoms with Crippen molar-refractivity contribution in [2.75, 3.05) is 0 Å². The zero-order valence-electron chi connectivity index (χ0n) is 17.5. The van der Waals surface area contributed by atoms with Gasteiger partial charge in [0.1, 0.15) is 0 Å². The molecule has 0 saturated heterocycles. The molecule has 0 saturated carbocycles. The van der Waals surface area contributed by atoms with E-state index >= 15 is 0 Å². The van der Waals surface area contributed by atoms with Crippen molar-refractivity contribution in [2.45, 2.75) is 51.4 Å². The number of hydrogen-bond acceptors (Lipinski definition) is 2. The van der Waals surface area contributed by atoms with Crippen LogP contribution in [0.5, 0.6) is 0 Å². The molecule has 3 nitrogen and oxygen atoms in total. The van der Waals surface area contributed by atoms with E-state index in [1.54, 1.807) is 38.1 Å². The summed E-state index contributed by atoms with van der Waals surface area (Å²) >= 11 is 17.8. The normalized spacial score (nSPS) is 14.1. The molecule has 0 aliphatic heterocycles. The molecule has 11 heteroatoms. The molecular formula is C20H25Br2Cl3F2N2OS. The Bertz CT molecular complexity index is 928. The Hall–Kier alpha value is 0.200. The van der Waals surface area contributed by atoms with Crippen LogP contribution < -0.4 is 10.5 Å². The van der Waals surface area contributed by atoms with E-state index in [0.717, 1.165) is 0 Å². The highest BCUT2D eigenvalue weighted by molar-refractivity contribution is 9.10. The van der Waals surface area contributed by atoms with Crippen LogP contribution in [0.3, 0.4) is 0 Å². The number of hydrogen-bond donors (Lipinski definition) is 2. The van der Waals surface area contributed by atoms with Crippen LogP contribution in [0.2, 0.25) is 10.0 Å². The van der Waals surface area contributed by atoms with Crippen LogP contribution in [0.1, 0.15) is 57.8 Å². The van der Waals surface area contributed by atoms with Gasteiger partial charge in [0.15, 0.2) is 11.6 Å². The predicted molar refractivity (Wildman–Crippen MR) is 138 cm³/mol. The van der Waals surface area contributed by atoms with E-state index in [0.29, 0.717) is 20.1 Å². The minimum atomic E-state index is -1.23. The third-order valence-corrected chi connectivity index (χ3v) is 7.60. The lowest BCUT2D eigenvalue weighted by Crippen LogP contribution is -2.34. The minimum Gasteiger partial charge on any atom is -0.324 e. The van der Waals surface area contributed by atoms with E-state index in [1.165, 1.54) is 0 Å². The molecule has 0 bridgehead atoms. The van der Waals surface area contributed by atoms with Gasteiger partial charge in [-0.05, 0) is 89.7 Å². The van der Waals surface area contributed by atoms with Crippen molar-refractivity contribution in [2.24, 2.45) is 5.73 Å². The fourth-order valence-electron chi connectivity index (χ4n) is 2.17. The summed E-state index contributed by atoms with van der Waals surface area (Å²) < 4.78 is 42.0. The average Bonchev–Trinajstić information content (AvgIpc) is 2.63. The Morgan fingerprint density at radius 2 is 1.35 bits per heavy atom. The van der Waals surface area contributed by atoms with Crippen molar-refractivity contribution in [3.63, 3.8) is 0 Å². The van der Waals surface area contributed by atoms with Gasteiger partial charge in [-0.2, -0.15) is 0 Å². The molecule has 0 heterocycles. The van der Waals surface area contributed by atoms with Crippen molar-refractivity contribution in [1.29, 1.82) is 0 Å². The van der Waals surface area contributed by atoms with Crippen molar-refractivity contribution >= 4 is 78.5 Å². The molecule has 0 unspecified atom stereocenters. The van der Waals surface area contributed by atoms with Crippen LogP contribution in [0.15, 0.2) is 33.2 Å². The predicted octanol–water partition coefficient (Wildman–Crippen LogP) is 8.04. The molecule has 0 aromatic heterocycles. The summed E-state index contributed by atoms with van der Waals surface area (Å²) in [6.07, 6.45) is 0. The van der Waals surface area contributed by atoms with Gasteiger partial charge < -0.3 is 5.73 Å². The number of rotatable bonds is 4. The third-order valence-electron chi connectivity index (χ3n) is 3.93. The number of benzene rings is 2. The summed E-state index contributed by atoms with van der Waals surface area (Å²) in [4.78, 5) is 0.